The van der Waals surface area contributed by atoms with Crippen LogP contribution in [-0.4, -0.2) is 69.5 Å². The first-order chi connectivity index (χ1) is 17.5. The molecule has 1 saturated heterocycles. The van der Waals surface area contributed by atoms with E-state index in [1.165, 1.54) is 18.2 Å². The zero-order valence-corrected chi connectivity index (χ0v) is 19.7. The number of carbonyl (C=O) groups is 2. The highest BCUT2D eigenvalue weighted by Gasteiger charge is 2.24. The zero-order chi connectivity index (χ0) is 25.1. The molecule has 2 aromatic heterocycles. The molecular formula is C27H24FN5O3. The summed E-state index contributed by atoms with van der Waals surface area (Å²) >= 11 is 0. The molecule has 0 saturated carbocycles. The molecule has 0 spiro atoms. The van der Waals surface area contributed by atoms with Crippen LogP contribution in [0, 0.1) is 5.82 Å². The van der Waals surface area contributed by atoms with Gasteiger partial charge in [0, 0.05) is 49.6 Å². The molecule has 0 bridgehead atoms. The minimum atomic E-state index is -0.336. The fourth-order valence-electron chi connectivity index (χ4n) is 4.18. The van der Waals surface area contributed by atoms with E-state index in [-0.39, 0.29) is 17.6 Å². The topological polar surface area (TPSA) is 80.0 Å². The van der Waals surface area contributed by atoms with Gasteiger partial charge in [0.25, 0.3) is 5.91 Å². The van der Waals surface area contributed by atoms with Gasteiger partial charge in [-0.05, 0) is 66.7 Å². The maximum atomic E-state index is 13.4. The first kappa shape index (κ1) is 23.2. The van der Waals surface area contributed by atoms with Gasteiger partial charge in [0.15, 0.2) is 5.65 Å². The summed E-state index contributed by atoms with van der Waals surface area (Å²) in [5.74, 6) is 0.124. The van der Waals surface area contributed by atoms with E-state index in [2.05, 4.69) is 10.1 Å². The molecule has 2 amide bonds. The number of imidazole rings is 1. The SMILES string of the molecule is COc1ccc(C(=O)N2CCN(C(=O)/C=C/c3c(-c4ccc(F)cc4)nc4cccnn34)CC2)cc1. The number of halogens is 1. The third-order valence-electron chi connectivity index (χ3n) is 6.14. The smallest absolute Gasteiger partial charge is 0.253 e. The lowest BCUT2D eigenvalue weighted by Crippen LogP contribution is -2.50. The molecule has 0 atom stereocenters. The molecule has 1 fully saturated rings. The summed E-state index contributed by atoms with van der Waals surface area (Å²) in [6.07, 6.45) is 4.82. The second-order valence-corrected chi connectivity index (χ2v) is 8.33. The molecule has 4 aromatic rings. The van der Waals surface area contributed by atoms with Gasteiger partial charge in [-0.1, -0.05) is 0 Å². The van der Waals surface area contributed by atoms with Crippen molar-refractivity contribution in [1.82, 2.24) is 24.4 Å². The average Bonchev–Trinajstić information content (AvgIpc) is 3.30. The molecule has 8 nitrogen and oxygen atoms in total. The van der Waals surface area contributed by atoms with Crippen LogP contribution in [0.15, 0.2) is 72.9 Å². The van der Waals surface area contributed by atoms with Gasteiger partial charge in [0.05, 0.1) is 18.5 Å². The van der Waals surface area contributed by atoms with Crippen molar-refractivity contribution >= 4 is 23.5 Å². The Morgan fingerprint density at radius 3 is 2.33 bits per heavy atom. The second kappa shape index (κ2) is 9.99. The van der Waals surface area contributed by atoms with Crippen molar-refractivity contribution in [3.63, 3.8) is 0 Å². The number of aromatic nitrogens is 3. The van der Waals surface area contributed by atoms with Gasteiger partial charge >= 0.3 is 0 Å². The Labute approximate surface area is 207 Å². The Kier molecular flexibility index (Phi) is 6.44. The number of hydrogen-bond donors (Lipinski definition) is 0. The summed E-state index contributed by atoms with van der Waals surface area (Å²) in [5.41, 5.74) is 3.16. The molecule has 3 heterocycles. The van der Waals surface area contributed by atoms with Gasteiger partial charge in [-0.25, -0.2) is 13.9 Å². The van der Waals surface area contributed by atoms with E-state index in [4.69, 9.17) is 4.74 Å². The molecule has 36 heavy (non-hydrogen) atoms. The molecule has 0 N–H and O–H groups in total. The lowest BCUT2D eigenvalue weighted by Gasteiger charge is -2.34. The van der Waals surface area contributed by atoms with Crippen molar-refractivity contribution in [2.75, 3.05) is 33.3 Å². The van der Waals surface area contributed by atoms with E-state index >= 15 is 0 Å². The van der Waals surface area contributed by atoms with Crippen LogP contribution in [0.2, 0.25) is 0 Å². The first-order valence-electron chi connectivity index (χ1n) is 11.5. The quantitative estimate of drug-likeness (QED) is 0.404. The predicted octanol–water partition coefficient (Wildman–Crippen LogP) is 3.54. The Bertz CT molecular complexity index is 1420. The Morgan fingerprint density at radius 1 is 0.944 bits per heavy atom. The van der Waals surface area contributed by atoms with E-state index in [0.29, 0.717) is 54.5 Å². The molecule has 1 aliphatic rings. The van der Waals surface area contributed by atoms with Crippen LogP contribution in [0.3, 0.4) is 0 Å². The number of ether oxygens (including phenoxy) is 1. The molecule has 0 radical (unpaired) electrons. The Hall–Kier alpha value is -4.53. The average molecular weight is 486 g/mol. The summed E-state index contributed by atoms with van der Waals surface area (Å²) < 4.78 is 20.2. The van der Waals surface area contributed by atoms with Crippen LogP contribution in [0.5, 0.6) is 5.75 Å². The second-order valence-electron chi connectivity index (χ2n) is 8.33. The molecule has 9 heteroatoms. The standard InChI is InChI=1S/C27H24FN5O3/c1-36-22-10-6-20(7-11-22)27(35)32-17-15-31(16-18-32)25(34)13-12-23-26(19-4-8-21(28)9-5-19)30-24-3-2-14-29-33(23)24/h2-14H,15-18H2,1H3/b13-12+. The first-order valence-corrected chi connectivity index (χ1v) is 11.5. The van der Waals surface area contributed by atoms with Crippen molar-refractivity contribution in [3.05, 3.63) is 90.0 Å². The zero-order valence-electron chi connectivity index (χ0n) is 19.7. The number of nitrogens with zero attached hydrogens (tertiary/aromatic N) is 5. The molecule has 2 aromatic carbocycles. The van der Waals surface area contributed by atoms with Gasteiger partial charge in [-0.15, -0.1) is 0 Å². The molecule has 0 unspecified atom stereocenters. The highest BCUT2D eigenvalue weighted by Crippen LogP contribution is 2.25. The number of methoxy groups -OCH3 is 1. The minimum absolute atomic E-state index is 0.0685. The Balaban J connectivity index is 1.29. The van der Waals surface area contributed by atoms with Crippen LogP contribution in [0.4, 0.5) is 4.39 Å². The van der Waals surface area contributed by atoms with Crippen molar-refractivity contribution in [2.45, 2.75) is 0 Å². The van der Waals surface area contributed by atoms with Gasteiger partial charge in [0.2, 0.25) is 5.91 Å². The van der Waals surface area contributed by atoms with E-state index in [1.807, 2.05) is 6.07 Å². The summed E-state index contributed by atoms with van der Waals surface area (Å²) in [6.45, 7) is 1.76. The summed E-state index contributed by atoms with van der Waals surface area (Å²) in [7, 11) is 1.58. The van der Waals surface area contributed by atoms with E-state index in [1.54, 1.807) is 76.2 Å². The molecule has 182 valence electrons. The van der Waals surface area contributed by atoms with Crippen LogP contribution >= 0.6 is 0 Å². The van der Waals surface area contributed by atoms with E-state index in [0.717, 1.165) is 5.56 Å². The van der Waals surface area contributed by atoms with Gasteiger partial charge in [-0.2, -0.15) is 5.10 Å². The maximum Gasteiger partial charge on any atom is 0.253 e. The van der Waals surface area contributed by atoms with Crippen molar-refractivity contribution in [1.29, 1.82) is 0 Å². The number of hydrogen-bond acceptors (Lipinski definition) is 5. The molecule has 1 aliphatic heterocycles. The fraction of sp³-hybridized carbons (Fsp3) is 0.185. The highest BCUT2D eigenvalue weighted by atomic mass is 19.1. The van der Waals surface area contributed by atoms with Gasteiger partial charge < -0.3 is 14.5 Å². The molecular weight excluding hydrogens is 461 g/mol. The van der Waals surface area contributed by atoms with E-state index in [9.17, 15) is 14.0 Å². The lowest BCUT2D eigenvalue weighted by atomic mass is 10.1. The van der Waals surface area contributed by atoms with Crippen molar-refractivity contribution in [3.8, 4) is 17.0 Å². The maximum absolute atomic E-state index is 13.4. The number of rotatable bonds is 5. The normalized spacial score (nSPS) is 13.9. The molecule has 0 aliphatic carbocycles. The Morgan fingerprint density at radius 2 is 1.64 bits per heavy atom. The van der Waals surface area contributed by atoms with E-state index < -0.39 is 0 Å². The summed E-state index contributed by atoms with van der Waals surface area (Å²) in [5, 5.41) is 4.36. The fourth-order valence-corrected chi connectivity index (χ4v) is 4.18. The van der Waals surface area contributed by atoms with Crippen LogP contribution in [0.1, 0.15) is 16.1 Å². The number of carbonyl (C=O) groups excluding carboxylic acids is 2. The monoisotopic (exact) mass is 485 g/mol. The number of benzene rings is 2. The van der Waals surface area contributed by atoms with Crippen LogP contribution in [0.25, 0.3) is 23.0 Å². The number of fused-ring (bicyclic) bond motifs is 1. The lowest BCUT2D eigenvalue weighted by molar-refractivity contribution is -0.127. The summed E-state index contributed by atoms with van der Waals surface area (Å²) in [4.78, 5) is 33.8. The predicted molar refractivity (Wildman–Crippen MR) is 133 cm³/mol. The van der Waals surface area contributed by atoms with Crippen LogP contribution < -0.4 is 4.74 Å². The molecule has 5 rings (SSSR count). The van der Waals surface area contributed by atoms with Gasteiger partial charge in [0.1, 0.15) is 11.6 Å². The summed E-state index contributed by atoms with van der Waals surface area (Å²) in [6, 6.07) is 16.6. The van der Waals surface area contributed by atoms with Crippen LogP contribution in [-0.2, 0) is 4.79 Å². The largest absolute Gasteiger partial charge is 0.497 e. The van der Waals surface area contributed by atoms with Crippen molar-refractivity contribution < 1.29 is 18.7 Å². The minimum Gasteiger partial charge on any atom is -0.497 e. The number of amides is 2. The number of piperazine rings is 1. The highest BCUT2D eigenvalue weighted by molar-refractivity contribution is 5.95. The third-order valence-corrected chi connectivity index (χ3v) is 6.14. The third kappa shape index (κ3) is 4.68. The van der Waals surface area contributed by atoms with Gasteiger partial charge in [-0.3, -0.25) is 9.59 Å². The van der Waals surface area contributed by atoms with Crippen molar-refractivity contribution in [2.24, 2.45) is 0 Å².